The van der Waals surface area contributed by atoms with Crippen molar-refractivity contribution in [3.05, 3.63) is 16.4 Å². The molecular weight excluding hydrogens is 334 g/mol. The zero-order valence-corrected chi connectivity index (χ0v) is 15.2. The molecule has 1 aliphatic rings. The summed E-state index contributed by atoms with van der Waals surface area (Å²) in [7, 11) is 0. The van der Waals surface area contributed by atoms with Crippen LogP contribution in [0.25, 0.3) is 0 Å². The van der Waals surface area contributed by atoms with E-state index in [9.17, 15) is 4.79 Å². The van der Waals surface area contributed by atoms with Crippen LogP contribution in [0.4, 0.5) is 0 Å². The Bertz CT molecular complexity index is 568. The van der Waals surface area contributed by atoms with E-state index in [1.165, 1.54) is 12.8 Å². The molecule has 0 spiro atoms. The highest BCUT2D eigenvalue weighted by atomic mass is 35.5. The molecule has 3 N–H and O–H groups in total. The summed E-state index contributed by atoms with van der Waals surface area (Å²) in [5.74, 6) is -0.328. The number of aromatic nitrogens is 2. The van der Waals surface area contributed by atoms with Crippen molar-refractivity contribution >= 4 is 34.8 Å². The molecule has 1 aliphatic carbocycles. The fourth-order valence-corrected chi connectivity index (χ4v) is 3.30. The summed E-state index contributed by atoms with van der Waals surface area (Å²) in [5.41, 5.74) is 6.33. The van der Waals surface area contributed by atoms with E-state index in [1.54, 1.807) is 11.6 Å². The number of amides is 1. The predicted octanol–water partition coefficient (Wildman–Crippen LogP) is 2.70. The molecule has 0 aliphatic heterocycles. The van der Waals surface area contributed by atoms with Crippen molar-refractivity contribution < 1.29 is 4.79 Å². The Morgan fingerprint density at radius 2 is 2.09 bits per heavy atom. The average molecular weight is 358 g/mol. The van der Waals surface area contributed by atoms with E-state index in [0.29, 0.717) is 34.1 Å². The minimum atomic E-state index is -0.328. The molecule has 0 atom stereocenters. The van der Waals surface area contributed by atoms with Crippen LogP contribution in [0.2, 0.25) is 5.15 Å². The second-order valence-corrected chi connectivity index (χ2v) is 6.63. The zero-order valence-electron chi connectivity index (χ0n) is 13.6. The van der Waals surface area contributed by atoms with Crippen LogP contribution in [0.15, 0.2) is 0 Å². The number of hydrogen-bond donors (Lipinski definition) is 3. The van der Waals surface area contributed by atoms with Gasteiger partial charge in [0, 0.05) is 12.6 Å². The molecule has 0 saturated heterocycles. The number of carbonyl (C=O) groups is 1. The molecular formula is C15H24ClN5OS. The van der Waals surface area contributed by atoms with E-state index in [-0.39, 0.29) is 5.91 Å². The van der Waals surface area contributed by atoms with Gasteiger partial charge in [0.05, 0.1) is 5.69 Å². The average Bonchev–Trinajstić information content (AvgIpc) is 3.11. The molecule has 0 unspecified atom stereocenters. The summed E-state index contributed by atoms with van der Waals surface area (Å²) >= 11 is 11.5. The second kappa shape index (κ2) is 8.49. The molecule has 1 aromatic rings. The SMILES string of the molecule is CCCCn1nc(C)c(C(=O)NNC(=S)NC2CCCC2)c1Cl. The number of carbonyl (C=O) groups excluding carboxylic acids is 1. The molecule has 1 amide bonds. The van der Waals surface area contributed by atoms with Gasteiger partial charge < -0.3 is 5.32 Å². The van der Waals surface area contributed by atoms with Gasteiger partial charge in [-0.15, -0.1) is 0 Å². The molecule has 1 saturated carbocycles. The van der Waals surface area contributed by atoms with Crippen molar-refractivity contribution in [2.45, 2.75) is 65.0 Å². The van der Waals surface area contributed by atoms with Crippen LogP contribution in [-0.2, 0) is 6.54 Å². The first-order valence-electron chi connectivity index (χ1n) is 8.12. The zero-order chi connectivity index (χ0) is 16.8. The second-order valence-electron chi connectivity index (χ2n) is 5.86. The standard InChI is InChI=1S/C15H24ClN5OS/c1-3-4-9-21-13(16)12(10(2)20-21)14(22)18-19-15(23)17-11-7-5-6-8-11/h11H,3-9H2,1-2H3,(H,18,22)(H2,17,19,23). The van der Waals surface area contributed by atoms with E-state index in [1.807, 2.05) is 0 Å². The Hall–Kier alpha value is -1.34. The van der Waals surface area contributed by atoms with E-state index in [4.69, 9.17) is 23.8 Å². The van der Waals surface area contributed by atoms with Crippen molar-refractivity contribution in [2.75, 3.05) is 0 Å². The number of aryl methyl sites for hydroxylation is 2. The largest absolute Gasteiger partial charge is 0.359 e. The summed E-state index contributed by atoms with van der Waals surface area (Å²) in [6, 6.07) is 0.397. The lowest BCUT2D eigenvalue weighted by atomic mass is 10.2. The highest BCUT2D eigenvalue weighted by molar-refractivity contribution is 7.80. The third-order valence-electron chi connectivity index (χ3n) is 4.00. The maximum Gasteiger partial charge on any atom is 0.274 e. The minimum Gasteiger partial charge on any atom is -0.359 e. The molecule has 8 heteroatoms. The van der Waals surface area contributed by atoms with Crippen LogP contribution in [0, 0.1) is 6.92 Å². The van der Waals surface area contributed by atoms with Crippen LogP contribution >= 0.6 is 23.8 Å². The fraction of sp³-hybridized carbons (Fsp3) is 0.667. The van der Waals surface area contributed by atoms with Gasteiger partial charge in [-0.1, -0.05) is 37.8 Å². The Morgan fingerprint density at radius 3 is 2.74 bits per heavy atom. The summed E-state index contributed by atoms with van der Waals surface area (Å²) in [6.45, 7) is 4.58. The lowest BCUT2D eigenvalue weighted by molar-refractivity contribution is 0.0943. The first-order chi connectivity index (χ1) is 11.0. The molecule has 128 valence electrons. The maximum absolute atomic E-state index is 12.3. The highest BCUT2D eigenvalue weighted by Gasteiger charge is 2.21. The van der Waals surface area contributed by atoms with E-state index in [0.717, 1.165) is 25.7 Å². The molecule has 1 aromatic heterocycles. The number of hydrogen-bond acceptors (Lipinski definition) is 3. The van der Waals surface area contributed by atoms with Gasteiger partial charge in [-0.25, -0.2) is 0 Å². The molecule has 1 heterocycles. The molecule has 0 aromatic carbocycles. The number of nitrogens with one attached hydrogen (secondary N) is 3. The molecule has 1 fully saturated rings. The van der Waals surface area contributed by atoms with E-state index < -0.39 is 0 Å². The quantitative estimate of drug-likeness (QED) is 0.558. The van der Waals surface area contributed by atoms with Gasteiger partial charge >= 0.3 is 0 Å². The van der Waals surface area contributed by atoms with Crippen molar-refractivity contribution in [2.24, 2.45) is 0 Å². The van der Waals surface area contributed by atoms with Crippen LogP contribution in [0.1, 0.15) is 61.5 Å². The molecule has 6 nitrogen and oxygen atoms in total. The third-order valence-corrected chi connectivity index (χ3v) is 4.60. The van der Waals surface area contributed by atoms with Gasteiger partial charge in [0.25, 0.3) is 5.91 Å². The molecule has 23 heavy (non-hydrogen) atoms. The van der Waals surface area contributed by atoms with E-state index in [2.05, 4.69) is 28.2 Å². The first-order valence-corrected chi connectivity index (χ1v) is 8.91. The molecule has 0 bridgehead atoms. The summed E-state index contributed by atoms with van der Waals surface area (Å²) < 4.78 is 1.67. The van der Waals surface area contributed by atoms with Crippen LogP contribution < -0.4 is 16.2 Å². The van der Waals surface area contributed by atoms with Gasteiger partial charge in [-0.05, 0) is 38.4 Å². The third kappa shape index (κ3) is 4.81. The number of unbranched alkanes of at least 4 members (excludes halogenated alkanes) is 1. The van der Waals surface area contributed by atoms with Gasteiger partial charge in [-0.3, -0.25) is 20.3 Å². The Balaban J connectivity index is 1.89. The number of rotatable bonds is 5. The lowest BCUT2D eigenvalue weighted by Gasteiger charge is -2.16. The first kappa shape index (κ1) is 18.0. The Labute approximate surface area is 147 Å². The smallest absolute Gasteiger partial charge is 0.274 e. The monoisotopic (exact) mass is 357 g/mol. The van der Waals surface area contributed by atoms with Crippen LogP contribution in [0.3, 0.4) is 0 Å². The predicted molar refractivity (Wildman–Crippen MR) is 95.5 cm³/mol. The van der Waals surface area contributed by atoms with Gasteiger partial charge in [-0.2, -0.15) is 5.10 Å². The maximum atomic E-state index is 12.3. The van der Waals surface area contributed by atoms with Crippen LogP contribution in [0.5, 0.6) is 0 Å². The van der Waals surface area contributed by atoms with Crippen LogP contribution in [-0.4, -0.2) is 26.8 Å². The summed E-state index contributed by atoms with van der Waals surface area (Å²) in [6.07, 6.45) is 6.68. The van der Waals surface area contributed by atoms with Crippen molar-refractivity contribution in [3.8, 4) is 0 Å². The Morgan fingerprint density at radius 1 is 1.39 bits per heavy atom. The number of hydrazine groups is 1. The number of nitrogens with zero attached hydrogens (tertiary/aromatic N) is 2. The Kier molecular flexibility index (Phi) is 6.65. The molecule has 0 radical (unpaired) electrons. The minimum absolute atomic E-state index is 0.328. The summed E-state index contributed by atoms with van der Waals surface area (Å²) in [5, 5.41) is 8.32. The topological polar surface area (TPSA) is 71.0 Å². The van der Waals surface area contributed by atoms with Crippen molar-refractivity contribution in [1.82, 2.24) is 25.9 Å². The highest BCUT2D eigenvalue weighted by Crippen LogP contribution is 2.20. The van der Waals surface area contributed by atoms with Gasteiger partial charge in [0.15, 0.2) is 5.11 Å². The lowest BCUT2D eigenvalue weighted by Crippen LogP contribution is -2.49. The van der Waals surface area contributed by atoms with Crippen molar-refractivity contribution in [1.29, 1.82) is 0 Å². The van der Waals surface area contributed by atoms with E-state index >= 15 is 0 Å². The summed E-state index contributed by atoms with van der Waals surface area (Å²) in [4.78, 5) is 12.3. The van der Waals surface area contributed by atoms with Gasteiger partial charge in [0.2, 0.25) is 0 Å². The number of halogens is 1. The van der Waals surface area contributed by atoms with Gasteiger partial charge in [0.1, 0.15) is 10.7 Å². The normalized spacial score (nSPS) is 14.7. The fourth-order valence-electron chi connectivity index (χ4n) is 2.73. The van der Waals surface area contributed by atoms with Crippen molar-refractivity contribution in [3.63, 3.8) is 0 Å². The number of thiocarbonyl (C=S) groups is 1. The molecule has 2 rings (SSSR count).